The molecule has 3 aliphatic heterocycles. The highest BCUT2D eigenvalue weighted by atomic mass is 16.5. The number of nitrogens with zero attached hydrogens (tertiary/aromatic N) is 5. The van der Waals surface area contributed by atoms with Gasteiger partial charge in [0.25, 0.3) is 0 Å². The lowest BCUT2D eigenvalue weighted by Gasteiger charge is -2.47. The molecule has 0 saturated carbocycles. The van der Waals surface area contributed by atoms with Crippen LogP contribution in [0.1, 0.15) is 44.7 Å². The summed E-state index contributed by atoms with van der Waals surface area (Å²) < 4.78 is 5.41. The molecule has 1 aliphatic carbocycles. The number of likely N-dealkylation sites (tertiary alicyclic amines) is 1. The van der Waals surface area contributed by atoms with E-state index in [-0.39, 0.29) is 5.78 Å². The van der Waals surface area contributed by atoms with Crippen LogP contribution in [0.4, 0.5) is 5.82 Å². The molecule has 4 aliphatic rings. The van der Waals surface area contributed by atoms with Crippen LogP contribution in [-0.2, 0) is 9.53 Å². The van der Waals surface area contributed by atoms with Crippen LogP contribution < -0.4 is 4.90 Å². The number of carbonyl (C=O) groups excluding carboxylic acids is 1. The summed E-state index contributed by atoms with van der Waals surface area (Å²) >= 11 is 0. The number of aromatic nitrogens is 2. The molecule has 5 rings (SSSR count). The Morgan fingerprint density at radius 1 is 1.21 bits per heavy atom. The Hall–Kier alpha value is -2.76. The molecule has 1 spiro atoms. The van der Waals surface area contributed by atoms with Crippen molar-refractivity contribution >= 4 is 11.6 Å². The van der Waals surface area contributed by atoms with E-state index in [0.717, 1.165) is 74.4 Å². The van der Waals surface area contributed by atoms with Gasteiger partial charge in [0.15, 0.2) is 11.5 Å². The minimum Gasteiger partial charge on any atom is -0.496 e. The average molecular weight is 450 g/mol. The molecule has 8 heteroatoms. The molecule has 0 aromatic carbocycles. The van der Waals surface area contributed by atoms with E-state index in [1.807, 2.05) is 19.1 Å². The van der Waals surface area contributed by atoms with Crippen LogP contribution >= 0.6 is 0 Å². The number of ether oxygens (including phenoxy) is 1. The zero-order valence-corrected chi connectivity index (χ0v) is 19.2. The standard InChI is InChI=1S/C25H31N5O3/c1-17-20-16-33-15-18(20)12-21(31)24(17)22(32)14-29-8-4-25(5-9-29)6-10-30(11-7-25)23-3-2-19(13-26)27-28-23/h2-3,15,22,24,32H,4-12,14,16H2,1H3/t22-,24?/m0/s1. The zero-order valence-electron chi connectivity index (χ0n) is 19.2. The Morgan fingerprint density at radius 3 is 2.61 bits per heavy atom. The Kier molecular flexibility index (Phi) is 5.94. The maximum atomic E-state index is 12.7. The molecule has 4 heterocycles. The first-order chi connectivity index (χ1) is 16.0. The van der Waals surface area contributed by atoms with E-state index in [4.69, 9.17) is 10.00 Å². The topological polar surface area (TPSA) is 103 Å². The summed E-state index contributed by atoms with van der Waals surface area (Å²) in [6.07, 6.45) is 5.87. The van der Waals surface area contributed by atoms with Gasteiger partial charge in [-0.05, 0) is 68.8 Å². The Balaban J connectivity index is 1.14. The molecule has 1 aromatic heterocycles. The van der Waals surface area contributed by atoms with Crippen molar-refractivity contribution < 1.29 is 14.6 Å². The monoisotopic (exact) mass is 449 g/mol. The number of rotatable bonds is 4. The van der Waals surface area contributed by atoms with Gasteiger partial charge in [0.05, 0.1) is 18.3 Å². The van der Waals surface area contributed by atoms with Gasteiger partial charge in [-0.2, -0.15) is 5.26 Å². The maximum Gasteiger partial charge on any atom is 0.163 e. The van der Waals surface area contributed by atoms with E-state index in [0.29, 0.717) is 30.7 Å². The van der Waals surface area contributed by atoms with E-state index in [2.05, 4.69) is 20.0 Å². The number of aliphatic hydroxyl groups is 1. The van der Waals surface area contributed by atoms with Crippen LogP contribution in [-0.4, -0.2) is 71.4 Å². The van der Waals surface area contributed by atoms with E-state index in [1.54, 1.807) is 12.3 Å². The summed E-state index contributed by atoms with van der Waals surface area (Å²) in [6, 6.07) is 5.62. The third kappa shape index (κ3) is 4.28. The summed E-state index contributed by atoms with van der Waals surface area (Å²) in [5, 5.41) is 28.1. The molecule has 2 saturated heterocycles. The number of fused-ring (bicyclic) bond motifs is 1. The van der Waals surface area contributed by atoms with Crippen molar-refractivity contribution in [2.45, 2.75) is 45.1 Å². The number of hydrogen-bond acceptors (Lipinski definition) is 8. The fourth-order valence-corrected chi connectivity index (χ4v) is 5.98. The first kappa shape index (κ1) is 22.1. The third-order valence-corrected chi connectivity index (χ3v) is 8.15. The highest BCUT2D eigenvalue weighted by Crippen LogP contribution is 2.42. The van der Waals surface area contributed by atoms with Crippen molar-refractivity contribution in [3.05, 3.63) is 40.8 Å². The fraction of sp³-hybridized carbons (Fsp3) is 0.600. The van der Waals surface area contributed by atoms with Crippen molar-refractivity contribution in [1.82, 2.24) is 15.1 Å². The molecule has 1 N–H and O–H groups in total. The van der Waals surface area contributed by atoms with Gasteiger partial charge in [-0.3, -0.25) is 4.79 Å². The quantitative estimate of drug-likeness (QED) is 0.746. The van der Waals surface area contributed by atoms with Gasteiger partial charge in [0, 0.05) is 31.6 Å². The summed E-state index contributed by atoms with van der Waals surface area (Å²) in [5.41, 5.74) is 3.76. The largest absolute Gasteiger partial charge is 0.496 e. The number of β-amino-alcohol motifs (C(OH)–C–C–N with tert-alkyl or cyclic N) is 1. The summed E-state index contributed by atoms with van der Waals surface area (Å²) in [4.78, 5) is 17.3. The second-order valence-electron chi connectivity index (χ2n) is 9.98. The molecule has 2 atom stereocenters. The Morgan fingerprint density at radius 2 is 1.94 bits per heavy atom. The molecule has 174 valence electrons. The minimum atomic E-state index is -0.669. The first-order valence-corrected chi connectivity index (χ1v) is 11.9. The number of nitriles is 1. The summed E-state index contributed by atoms with van der Waals surface area (Å²) in [6.45, 7) is 6.85. The van der Waals surface area contributed by atoms with Gasteiger partial charge < -0.3 is 19.6 Å². The van der Waals surface area contributed by atoms with Gasteiger partial charge in [-0.25, -0.2) is 0 Å². The SMILES string of the molecule is CC1=C2COC=C2CC(=O)C1[C@@H](O)CN1CCC2(CC1)CCN(c1ccc(C#N)nn1)CC2. The molecular formula is C25H31N5O3. The average Bonchev–Trinajstić information content (AvgIpc) is 3.30. The lowest BCUT2D eigenvalue weighted by atomic mass is 9.71. The molecular weight excluding hydrogens is 418 g/mol. The normalized spacial score (nSPS) is 26.0. The zero-order chi connectivity index (χ0) is 23.0. The van der Waals surface area contributed by atoms with Gasteiger partial charge in [0.2, 0.25) is 0 Å². The van der Waals surface area contributed by atoms with E-state index in [1.165, 1.54) is 0 Å². The van der Waals surface area contributed by atoms with E-state index >= 15 is 0 Å². The van der Waals surface area contributed by atoms with Crippen LogP contribution in [0.3, 0.4) is 0 Å². The van der Waals surface area contributed by atoms with E-state index in [9.17, 15) is 9.90 Å². The highest BCUT2D eigenvalue weighted by molar-refractivity contribution is 5.90. The van der Waals surface area contributed by atoms with Crippen LogP contribution in [0.5, 0.6) is 0 Å². The second-order valence-corrected chi connectivity index (χ2v) is 9.98. The molecule has 33 heavy (non-hydrogen) atoms. The second kappa shape index (κ2) is 8.88. The van der Waals surface area contributed by atoms with Crippen LogP contribution in [0.2, 0.25) is 0 Å². The number of Topliss-reactive ketones (excluding diaryl/α,β-unsaturated/α-hetero) is 1. The predicted octanol–water partition coefficient (Wildman–Crippen LogP) is 2.21. The number of carbonyl (C=O) groups is 1. The van der Waals surface area contributed by atoms with Crippen molar-refractivity contribution in [2.75, 3.05) is 44.2 Å². The highest BCUT2D eigenvalue weighted by Gasteiger charge is 2.41. The van der Waals surface area contributed by atoms with Gasteiger partial charge >= 0.3 is 0 Å². The van der Waals surface area contributed by atoms with Gasteiger partial charge in [0.1, 0.15) is 18.5 Å². The molecule has 8 nitrogen and oxygen atoms in total. The predicted molar refractivity (Wildman–Crippen MR) is 122 cm³/mol. The number of ketones is 1. The number of piperidine rings is 2. The first-order valence-electron chi connectivity index (χ1n) is 11.9. The third-order valence-electron chi connectivity index (χ3n) is 8.15. The summed E-state index contributed by atoms with van der Waals surface area (Å²) in [7, 11) is 0. The lowest BCUT2D eigenvalue weighted by molar-refractivity contribution is -0.125. The maximum absolute atomic E-state index is 12.7. The van der Waals surface area contributed by atoms with Crippen molar-refractivity contribution in [3.63, 3.8) is 0 Å². The summed E-state index contributed by atoms with van der Waals surface area (Å²) in [5.74, 6) is 0.537. The molecule has 0 amide bonds. The van der Waals surface area contributed by atoms with Crippen LogP contribution in [0.25, 0.3) is 0 Å². The Labute approximate surface area is 194 Å². The molecule has 1 unspecified atom stereocenters. The lowest BCUT2D eigenvalue weighted by Crippen LogP contribution is -2.49. The van der Waals surface area contributed by atoms with E-state index < -0.39 is 12.0 Å². The van der Waals surface area contributed by atoms with Crippen LogP contribution in [0.15, 0.2) is 35.1 Å². The van der Waals surface area contributed by atoms with Gasteiger partial charge in [-0.15, -0.1) is 10.2 Å². The number of anilines is 1. The van der Waals surface area contributed by atoms with Crippen molar-refractivity contribution in [3.8, 4) is 6.07 Å². The van der Waals surface area contributed by atoms with Crippen molar-refractivity contribution in [1.29, 1.82) is 5.26 Å². The fourth-order valence-electron chi connectivity index (χ4n) is 5.98. The van der Waals surface area contributed by atoms with Crippen molar-refractivity contribution in [2.24, 2.45) is 11.3 Å². The molecule has 0 radical (unpaired) electrons. The molecule has 0 bridgehead atoms. The smallest absolute Gasteiger partial charge is 0.163 e. The van der Waals surface area contributed by atoms with Crippen LogP contribution in [0, 0.1) is 22.7 Å². The minimum absolute atomic E-state index is 0.104. The Bertz CT molecular complexity index is 1010. The number of aliphatic hydroxyl groups excluding tert-OH is 1. The van der Waals surface area contributed by atoms with Gasteiger partial charge in [-0.1, -0.05) is 5.57 Å². The number of hydrogen-bond donors (Lipinski definition) is 1. The molecule has 2 fully saturated rings. The molecule has 1 aromatic rings.